The molecule has 0 saturated carbocycles. The van der Waals surface area contributed by atoms with Gasteiger partial charge in [-0.2, -0.15) is 4.39 Å². The molecule has 0 aliphatic rings. The maximum absolute atomic E-state index is 12.5. The van der Waals surface area contributed by atoms with E-state index in [1.165, 1.54) is 0 Å². The molecule has 0 unspecified atom stereocenters. The van der Waals surface area contributed by atoms with Crippen LogP contribution in [-0.4, -0.2) is 15.0 Å². The lowest BCUT2D eigenvalue weighted by Crippen LogP contribution is -1.88. The van der Waals surface area contributed by atoms with Gasteiger partial charge in [0.25, 0.3) is 0 Å². The van der Waals surface area contributed by atoms with Crippen LogP contribution in [0.4, 0.5) is 4.39 Å². The van der Waals surface area contributed by atoms with Crippen LogP contribution < -0.4 is 0 Å². The Hall–Kier alpha value is -1.84. The molecule has 0 saturated heterocycles. The molecular weight excluding hydrogens is 217 g/mol. The zero-order chi connectivity index (χ0) is 12.8. The SMILES string of the molecule is Cc1ccc(C)c(F)n1.Cc1cnc(C)nc1. The second-order valence-corrected chi connectivity index (χ2v) is 3.87. The van der Waals surface area contributed by atoms with Crippen LogP contribution in [0.2, 0.25) is 0 Å². The Morgan fingerprint density at radius 3 is 1.94 bits per heavy atom. The van der Waals surface area contributed by atoms with Gasteiger partial charge in [-0.05, 0) is 39.3 Å². The third kappa shape index (κ3) is 4.68. The lowest BCUT2D eigenvalue weighted by atomic mass is 10.3. The second-order valence-electron chi connectivity index (χ2n) is 3.87. The van der Waals surface area contributed by atoms with Crippen molar-refractivity contribution in [1.29, 1.82) is 0 Å². The minimum absolute atomic E-state index is 0.366. The molecule has 0 aliphatic heterocycles. The molecule has 0 radical (unpaired) electrons. The van der Waals surface area contributed by atoms with E-state index in [4.69, 9.17) is 0 Å². The summed E-state index contributed by atoms with van der Waals surface area (Å²) in [6, 6.07) is 3.51. The first kappa shape index (κ1) is 13.2. The maximum atomic E-state index is 12.5. The van der Waals surface area contributed by atoms with Gasteiger partial charge in [-0.3, -0.25) is 0 Å². The first-order chi connectivity index (χ1) is 7.99. The van der Waals surface area contributed by atoms with Crippen LogP contribution >= 0.6 is 0 Å². The maximum Gasteiger partial charge on any atom is 0.215 e. The summed E-state index contributed by atoms with van der Waals surface area (Å²) in [4.78, 5) is 11.5. The van der Waals surface area contributed by atoms with Crippen molar-refractivity contribution >= 4 is 0 Å². The summed E-state index contributed by atoms with van der Waals surface area (Å²) in [7, 11) is 0. The van der Waals surface area contributed by atoms with E-state index in [1.54, 1.807) is 26.0 Å². The van der Waals surface area contributed by atoms with E-state index < -0.39 is 0 Å². The molecule has 90 valence electrons. The van der Waals surface area contributed by atoms with Gasteiger partial charge in [0, 0.05) is 23.7 Å². The Bertz CT molecular complexity index is 460. The Kier molecular flexibility index (Phi) is 4.69. The molecule has 0 aromatic carbocycles. The van der Waals surface area contributed by atoms with E-state index in [-0.39, 0.29) is 5.95 Å². The number of nitrogens with zero attached hydrogens (tertiary/aromatic N) is 3. The lowest BCUT2D eigenvalue weighted by molar-refractivity contribution is 0.571. The van der Waals surface area contributed by atoms with Gasteiger partial charge in [-0.15, -0.1) is 0 Å². The minimum Gasteiger partial charge on any atom is -0.241 e. The highest BCUT2D eigenvalue weighted by Crippen LogP contribution is 2.02. The molecule has 0 fully saturated rings. The second kappa shape index (κ2) is 6.03. The van der Waals surface area contributed by atoms with Gasteiger partial charge in [0.1, 0.15) is 5.82 Å². The first-order valence-corrected chi connectivity index (χ1v) is 5.34. The molecule has 2 rings (SSSR count). The van der Waals surface area contributed by atoms with Crippen molar-refractivity contribution in [1.82, 2.24) is 15.0 Å². The van der Waals surface area contributed by atoms with Crippen LogP contribution in [-0.2, 0) is 0 Å². The molecule has 17 heavy (non-hydrogen) atoms. The van der Waals surface area contributed by atoms with Crippen LogP contribution in [0.3, 0.4) is 0 Å². The number of hydrogen-bond acceptors (Lipinski definition) is 3. The smallest absolute Gasteiger partial charge is 0.215 e. The van der Waals surface area contributed by atoms with Crippen molar-refractivity contribution in [2.75, 3.05) is 0 Å². The van der Waals surface area contributed by atoms with Gasteiger partial charge >= 0.3 is 0 Å². The highest BCUT2D eigenvalue weighted by Gasteiger charge is 1.95. The average molecular weight is 233 g/mol. The zero-order valence-electron chi connectivity index (χ0n) is 10.5. The zero-order valence-corrected chi connectivity index (χ0v) is 10.5. The van der Waals surface area contributed by atoms with Crippen LogP contribution in [0.25, 0.3) is 0 Å². The summed E-state index contributed by atoms with van der Waals surface area (Å²) in [5, 5.41) is 0. The summed E-state index contributed by atoms with van der Waals surface area (Å²) in [5.74, 6) is 0.464. The lowest BCUT2D eigenvalue weighted by Gasteiger charge is -1.93. The number of rotatable bonds is 0. The van der Waals surface area contributed by atoms with E-state index in [2.05, 4.69) is 15.0 Å². The molecule has 0 amide bonds. The molecule has 2 aromatic rings. The largest absolute Gasteiger partial charge is 0.241 e. The molecule has 0 N–H and O–H groups in total. The normalized spacial score (nSPS) is 9.47. The van der Waals surface area contributed by atoms with Crippen molar-refractivity contribution in [3.05, 3.63) is 53.1 Å². The van der Waals surface area contributed by atoms with Gasteiger partial charge in [0.15, 0.2) is 0 Å². The van der Waals surface area contributed by atoms with Crippen molar-refractivity contribution in [2.24, 2.45) is 0 Å². The topological polar surface area (TPSA) is 38.7 Å². The predicted molar refractivity (Wildman–Crippen MR) is 65.2 cm³/mol. The van der Waals surface area contributed by atoms with Crippen LogP contribution in [0.15, 0.2) is 24.5 Å². The summed E-state index contributed by atoms with van der Waals surface area (Å²) < 4.78 is 12.5. The van der Waals surface area contributed by atoms with Gasteiger partial charge < -0.3 is 0 Å². The molecule has 2 aromatic heterocycles. The van der Waals surface area contributed by atoms with Gasteiger partial charge in [-0.25, -0.2) is 15.0 Å². The van der Waals surface area contributed by atoms with Crippen molar-refractivity contribution in [2.45, 2.75) is 27.7 Å². The van der Waals surface area contributed by atoms with Gasteiger partial charge in [0.2, 0.25) is 5.95 Å². The third-order valence-electron chi connectivity index (χ3n) is 2.08. The Morgan fingerprint density at radius 1 is 0.941 bits per heavy atom. The Labute approximate surface area is 101 Å². The van der Waals surface area contributed by atoms with Gasteiger partial charge in [-0.1, -0.05) is 6.07 Å². The van der Waals surface area contributed by atoms with Gasteiger partial charge in [0.05, 0.1) is 0 Å². The first-order valence-electron chi connectivity index (χ1n) is 5.34. The Morgan fingerprint density at radius 2 is 1.53 bits per heavy atom. The molecule has 3 nitrogen and oxygen atoms in total. The molecule has 0 bridgehead atoms. The van der Waals surface area contributed by atoms with E-state index in [0.29, 0.717) is 5.56 Å². The predicted octanol–water partition coefficient (Wildman–Crippen LogP) is 2.93. The highest BCUT2D eigenvalue weighted by atomic mass is 19.1. The Balaban J connectivity index is 0.000000171. The third-order valence-corrected chi connectivity index (χ3v) is 2.08. The quantitative estimate of drug-likeness (QED) is 0.657. The molecule has 0 spiro atoms. The standard InChI is InChI=1S/C7H8FN.C6H8N2/c1-5-3-4-6(2)9-7(5)8;1-5-3-7-6(2)8-4-5/h3-4H,1-2H3;3-4H,1-2H3. The summed E-state index contributed by atoms with van der Waals surface area (Å²) in [5.41, 5.74) is 2.43. The summed E-state index contributed by atoms with van der Waals surface area (Å²) >= 11 is 0. The highest BCUT2D eigenvalue weighted by molar-refractivity contribution is 5.12. The fourth-order valence-corrected chi connectivity index (χ4v) is 1.05. The van der Waals surface area contributed by atoms with Crippen molar-refractivity contribution in [3.8, 4) is 0 Å². The van der Waals surface area contributed by atoms with E-state index in [0.717, 1.165) is 17.1 Å². The van der Waals surface area contributed by atoms with Crippen molar-refractivity contribution in [3.63, 3.8) is 0 Å². The molecule has 4 heteroatoms. The van der Waals surface area contributed by atoms with Crippen LogP contribution in [0, 0.1) is 33.6 Å². The number of aryl methyl sites for hydroxylation is 4. The fourth-order valence-electron chi connectivity index (χ4n) is 1.05. The fraction of sp³-hybridized carbons (Fsp3) is 0.308. The van der Waals surface area contributed by atoms with Crippen LogP contribution in [0.5, 0.6) is 0 Å². The van der Waals surface area contributed by atoms with Crippen molar-refractivity contribution < 1.29 is 4.39 Å². The summed E-state index contributed by atoms with van der Waals surface area (Å²) in [6.45, 7) is 7.31. The minimum atomic E-state index is -0.366. The number of hydrogen-bond donors (Lipinski definition) is 0. The number of halogens is 1. The molecule has 2 heterocycles. The molecular formula is C13H16FN3. The summed E-state index contributed by atoms with van der Waals surface area (Å²) in [6.07, 6.45) is 3.62. The number of pyridine rings is 1. The monoisotopic (exact) mass is 233 g/mol. The molecule has 0 aliphatic carbocycles. The molecule has 0 atom stereocenters. The van der Waals surface area contributed by atoms with E-state index in [9.17, 15) is 4.39 Å². The average Bonchev–Trinajstić information content (AvgIpc) is 2.29. The number of aromatic nitrogens is 3. The van der Waals surface area contributed by atoms with E-state index in [1.807, 2.05) is 26.2 Å². The van der Waals surface area contributed by atoms with Crippen LogP contribution in [0.1, 0.15) is 22.6 Å². The van der Waals surface area contributed by atoms with E-state index >= 15 is 0 Å².